The fourth-order valence-corrected chi connectivity index (χ4v) is 4.95. The molecule has 3 aromatic rings. The maximum absolute atomic E-state index is 11.2. The Kier molecular flexibility index (Phi) is 9.74. The van der Waals surface area contributed by atoms with Gasteiger partial charge in [-0.05, 0) is 63.9 Å². The van der Waals surface area contributed by atoms with Gasteiger partial charge in [-0.25, -0.2) is 4.79 Å². The number of hydrogen-bond donors (Lipinski definition) is 1. The predicted octanol–water partition coefficient (Wildman–Crippen LogP) is 6.90. The first kappa shape index (κ1) is 27.6. The summed E-state index contributed by atoms with van der Waals surface area (Å²) < 4.78 is 17.6. The molecule has 0 spiro atoms. The van der Waals surface area contributed by atoms with E-state index in [2.05, 4.69) is 62.4 Å². The first-order chi connectivity index (χ1) is 18.5. The lowest BCUT2D eigenvalue weighted by Gasteiger charge is -2.23. The molecule has 200 valence electrons. The summed E-state index contributed by atoms with van der Waals surface area (Å²) in [6.07, 6.45) is 7.98. The number of rotatable bonds is 13. The third-order valence-electron chi connectivity index (χ3n) is 6.93. The number of fused-ring (bicyclic) bond motifs is 2. The largest absolute Gasteiger partial charge is 0.491 e. The quantitative estimate of drug-likeness (QED) is 0.251. The topological polar surface area (TPSA) is 65.0 Å². The lowest BCUT2D eigenvalue weighted by atomic mass is 9.92. The number of aryl methyl sites for hydroxylation is 2. The number of carboxylic acid groups (broad SMARTS) is 1. The third-order valence-corrected chi connectivity index (χ3v) is 6.93. The van der Waals surface area contributed by atoms with E-state index in [0.717, 1.165) is 37.0 Å². The first-order valence-corrected chi connectivity index (χ1v) is 13.5. The zero-order chi connectivity index (χ0) is 26.9. The van der Waals surface area contributed by atoms with Crippen LogP contribution in [0.25, 0.3) is 12.2 Å². The summed E-state index contributed by atoms with van der Waals surface area (Å²) in [5.74, 6) is -0.245. The molecule has 0 aliphatic heterocycles. The van der Waals surface area contributed by atoms with Gasteiger partial charge in [-0.3, -0.25) is 0 Å². The van der Waals surface area contributed by atoms with E-state index >= 15 is 0 Å². The molecule has 5 nitrogen and oxygen atoms in total. The molecule has 0 saturated heterocycles. The Hall–Kier alpha value is -3.41. The first-order valence-electron chi connectivity index (χ1n) is 13.5. The van der Waals surface area contributed by atoms with Crippen LogP contribution in [0.4, 0.5) is 0 Å². The maximum atomic E-state index is 11.2. The molecule has 0 radical (unpaired) electrons. The highest BCUT2D eigenvalue weighted by Gasteiger charge is 2.23. The van der Waals surface area contributed by atoms with E-state index in [0.29, 0.717) is 19.6 Å². The Bertz CT molecular complexity index is 1190. The number of benzene rings is 3. The second-order valence-corrected chi connectivity index (χ2v) is 9.77. The molecular weight excluding hydrogens is 476 g/mol. The molecule has 3 aromatic carbocycles. The maximum Gasteiger partial charge on any atom is 0.333 e. The molecule has 1 unspecified atom stereocenters. The van der Waals surface area contributed by atoms with Crippen LogP contribution in [0.3, 0.4) is 0 Å². The lowest BCUT2D eigenvalue weighted by Crippen LogP contribution is -2.24. The van der Waals surface area contributed by atoms with Crippen LogP contribution >= 0.6 is 0 Å². The number of carboxylic acids is 1. The smallest absolute Gasteiger partial charge is 0.333 e. The van der Waals surface area contributed by atoms with E-state index in [-0.39, 0.29) is 6.10 Å². The molecule has 0 heterocycles. The van der Waals surface area contributed by atoms with Gasteiger partial charge in [0.2, 0.25) is 0 Å². The Morgan fingerprint density at radius 3 is 1.87 bits per heavy atom. The number of aliphatic carboxylic acids is 1. The second kappa shape index (κ2) is 13.4. The van der Waals surface area contributed by atoms with E-state index in [1.54, 1.807) is 0 Å². The molecule has 1 atom stereocenters. The molecule has 38 heavy (non-hydrogen) atoms. The molecule has 0 saturated carbocycles. The fourth-order valence-electron chi connectivity index (χ4n) is 4.95. The minimum Gasteiger partial charge on any atom is -0.491 e. The van der Waals surface area contributed by atoms with Gasteiger partial charge in [-0.15, -0.1) is 0 Å². The Balaban J connectivity index is 1.47. The molecular formula is C33H38O5. The highest BCUT2D eigenvalue weighted by atomic mass is 16.5. The monoisotopic (exact) mass is 514 g/mol. The lowest BCUT2D eigenvalue weighted by molar-refractivity contribution is -0.148. The summed E-state index contributed by atoms with van der Waals surface area (Å²) in [5, 5.41) is 9.20. The number of ether oxygens (including phenoxy) is 3. The van der Waals surface area contributed by atoms with Gasteiger partial charge in [0.05, 0.1) is 6.61 Å². The Morgan fingerprint density at radius 1 is 0.816 bits per heavy atom. The minimum atomic E-state index is -0.967. The van der Waals surface area contributed by atoms with E-state index in [1.165, 1.54) is 40.5 Å². The molecule has 5 heteroatoms. The molecule has 1 N–H and O–H groups in total. The molecule has 4 rings (SSSR count). The van der Waals surface area contributed by atoms with Crippen molar-refractivity contribution in [1.29, 1.82) is 0 Å². The van der Waals surface area contributed by atoms with Crippen molar-refractivity contribution in [1.82, 2.24) is 0 Å². The predicted molar refractivity (Wildman–Crippen MR) is 152 cm³/mol. The van der Waals surface area contributed by atoms with Crippen molar-refractivity contribution >= 4 is 18.1 Å². The Labute approximate surface area is 226 Å². The van der Waals surface area contributed by atoms with Crippen LogP contribution in [0.5, 0.6) is 5.75 Å². The normalized spacial score (nSPS) is 13.4. The molecule has 1 aliphatic carbocycles. The highest BCUT2D eigenvalue weighted by Crippen LogP contribution is 2.37. The van der Waals surface area contributed by atoms with Crippen molar-refractivity contribution in [2.45, 2.75) is 58.2 Å². The summed E-state index contributed by atoms with van der Waals surface area (Å²) in [6.45, 7) is 5.26. The number of carbonyl (C=O) groups is 1. The van der Waals surface area contributed by atoms with Crippen LogP contribution in [0.1, 0.15) is 71.7 Å². The second-order valence-electron chi connectivity index (χ2n) is 9.77. The Morgan fingerprint density at radius 2 is 1.37 bits per heavy atom. The van der Waals surface area contributed by atoms with Gasteiger partial charge in [0.15, 0.2) is 6.10 Å². The summed E-state index contributed by atoms with van der Waals surface area (Å²) in [7, 11) is 1.41. The summed E-state index contributed by atoms with van der Waals surface area (Å²) in [4.78, 5) is 11.2. The van der Waals surface area contributed by atoms with Crippen LogP contribution in [0.2, 0.25) is 0 Å². The summed E-state index contributed by atoms with van der Waals surface area (Å²) in [5.41, 5.74) is 8.33. The summed E-state index contributed by atoms with van der Waals surface area (Å²) in [6, 6.07) is 20.9. The van der Waals surface area contributed by atoms with Gasteiger partial charge < -0.3 is 19.3 Å². The van der Waals surface area contributed by atoms with Crippen LogP contribution in [-0.4, -0.2) is 37.5 Å². The van der Waals surface area contributed by atoms with Gasteiger partial charge in [-0.1, -0.05) is 87.4 Å². The van der Waals surface area contributed by atoms with Crippen molar-refractivity contribution in [3.05, 3.63) is 99.6 Å². The average molecular weight is 515 g/mol. The molecule has 1 aliphatic rings. The van der Waals surface area contributed by atoms with Gasteiger partial charge in [0.1, 0.15) is 18.5 Å². The molecule has 0 bridgehead atoms. The minimum absolute atomic E-state index is 0.170. The van der Waals surface area contributed by atoms with E-state index in [4.69, 9.17) is 14.2 Å². The standard InChI is InChI=1S/C33H38O5/c1-4-6-23-8-12-26-14-15-27-13-9-24(7-5-2)21-30(27)32(29(26)20-23)38-19-18-37-28-16-10-25(11-17-28)22-31(36-3)33(34)35/h8-17,20-21,31-32H,4-7,18-19,22H2,1-3H3,(H,34,35). The van der Waals surface area contributed by atoms with Crippen molar-refractivity contribution < 1.29 is 24.1 Å². The zero-order valence-electron chi connectivity index (χ0n) is 22.6. The summed E-state index contributed by atoms with van der Waals surface area (Å²) >= 11 is 0. The van der Waals surface area contributed by atoms with Crippen molar-refractivity contribution in [3.8, 4) is 5.75 Å². The zero-order valence-corrected chi connectivity index (χ0v) is 22.6. The number of hydrogen-bond acceptors (Lipinski definition) is 4. The van der Waals surface area contributed by atoms with Crippen LogP contribution in [-0.2, 0) is 33.5 Å². The SMILES string of the molecule is CCCc1ccc2c(c1)C(OCCOc1ccc(CC(OC)C(=O)O)cc1)c1cc(CCC)ccc1C=C2. The molecule has 0 amide bonds. The van der Waals surface area contributed by atoms with Crippen LogP contribution in [0, 0.1) is 0 Å². The van der Waals surface area contributed by atoms with Crippen molar-refractivity contribution in [3.63, 3.8) is 0 Å². The average Bonchev–Trinajstić information content (AvgIpc) is 3.07. The van der Waals surface area contributed by atoms with Crippen molar-refractivity contribution in [2.24, 2.45) is 0 Å². The van der Waals surface area contributed by atoms with Crippen LogP contribution < -0.4 is 4.74 Å². The van der Waals surface area contributed by atoms with Gasteiger partial charge >= 0.3 is 5.97 Å². The third kappa shape index (κ3) is 6.91. The molecule has 0 aromatic heterocycles. The van der Waals surface area contributed by atoms with Gasteiger partial charge in [-0.2, -0.15) is 0 Å². The molecule has 0 fully saturated rings. The van der Waals surface area contributed by atoms with Crippen molar-refractivity contribution in [2.75, 3.05) is 20.3 Å². The van der Waals surface area contributed by atoms with Gasteiger partial charge in [0.25, 0.3) is 0 Å². The van der Waals surface area contributed by atoms with E-state index < -0.39 is 12.1 Å². The van der Waals surface area contributed by atoms with E-state index in [1.807, 2.05) is 24.3 Å². The van der Waals surface area contributed by atoms with Crippen LogP contribution in [0.15, 0.2) is 60.7 Å². The fraction of sp³-hybridized carbons (Fsp3) is 0.364. The van der Waals surface area contributed by atoms with E-state index in [9.17, 15) is 9.90 Å². The number of methoxy groups -OCH3 is 1. The highest BCUT2D eigenvalue weighted by molar-refractivity contribution is 5.76. The van der Waals surface area contributed by atoms with Gasteiger partial charge in [0, 0.05) is 13.5 Å².